The molecule has 1 aromatic carbocycles. The van der Waals surface area contributed by atoms with Crippen LogP contribution in [0.2, 0.25) is 0 Å². The molecule has 1 aliphatic carbocycles. The zero-order chi connectivity index (χ0) is 13.8. The van der Waals surface area contributed by atoms with Crippen LogP contribution in [0.4, 0.5) is 4.39 Å². The van der Waals surface area contributed by atoms with Gasteiger partial charge in [0.1, 0.15) is 5.82 Å². The molecular formula is C15H17FN2O. The fourth-order valence-corrected chi connectivity index (χ4v) is 2.05. The lowest BCUT2D eigenvalue weighted by Gasteiger charge is -2.06. The zero-order valence-corrected chi connectivity index (χ0v) is 10.9. The van der Waals surface area contributed by atoms with E-state index in [0.717, 1.165) is 12.8 Å². The van der Waals surface area contributed by atoms with E-state index in [9.17, 15) is 9.18 Å². The molecule has 1 saturated carbocycles. The second-order valence-corrected chi connectivity index (χ2v) is 4.68. The van der Waals surface area contributed by atoms with E-state index in [1.165, 1.54) is 12.1 Å². The number of benzene rings is 1. The highest BCUT2D eigenvalue weighted by Crippen LogP contribution is 2.33. The first-order valence-electron chi connectivity index (χ1n) is 6.45. The van der Waals surface area contributed by atoms with Crippen molar-refractivity contribution in [1.29, 1.82) is 0 Å². The zero-order valence-electron chi connectivity index (χ0n) is 10.9. The monoisotopic (exact) mass is 260 g/mol. The molecule has 0 aliphatic heterocycles. The number of hydrogen-bond acceptors (Lipinski definition) is 2. The van der Waals surface area contributed by atoms with Crippen LogP contribution in [0.3, 0.4) is 0 Å². The first kappa shape index (κ1) is 13.6. The van der Waals surface area contributed by atoms with Crippen molar-refractivity contribution >= 4 is 5.91 Å². The van der Waals surface area contributed by atoms with E-state index < -0.39 is 5.82 Å². The molecule has 1 amide bonds. The summed E-state index contributed by atoms with van der Waals surface area (Å²) in [7, 11) is 0. The van der Waals surface area contributed by atoms with Gasteiger partial charge in [-0.15, -0.1) is 0 Å². The van der Waals surface area contributed by atoms with Gasteiger partial charge in [0.25, 0.3) is 5.91 Å². The highest BCUT2D eigenvalue weighted by molar-refractivity contribution is 5.95. The number of carbonyl (C=O) groups excluding carboxylic acids is 1. The number of nitrogens with two attached hydrogens (primary N) is 1. The van der Waals surface area contributed by atoms with Gasteiger partial charge >= 0.3 is 0 Å². The molecule has 100 valence electrons. The molecule has 0 bridgehead atoms. The molecule has 3 nitrogen and oxygen atoms in total. The minimum absolute atomic E-state index is 0.0468. The highest BCUT2D eigenvalue weighted by atomic mass is 19.1. The normalized spacial score (nSPS) is 20.4. The summed E-state index contributed by atoms with van der Waals surface area (Å²) in [6, 6.07) is 4.47. The predicted octanol–water partition coefficient (Wildman–Crippen LogP) is 1.66. The van der Waals surface area contributed by atoms with Crippen LogP contribution >= 0.6 is 0 Å². The Kier molecular flexibility index (Phi) is 4.18. The SMILES string of the molecule is CCC1CC1NC(=O)c1cc(C#CCN)ccc1F. The fourth-order valence-electron chi connectivity index (χ4n) is 2.05. The van der Waals surface area contributed by atoms with Crippen molar-refractivity contribution in [3.8, 4) is 11.8 Å². The molecular weight excluding hydrogens is 243 g/mol. The maximum absolute atomic E-state index is 13.7. The van der Waals surface area contributed by atoms with Crippen molar-refractivity contribution in [3.63, 3.8) is 0 Å². The van der Waals surface area contributed by atoms with Crippen molar-refractivity contribution in [2.45, 2.75) is 25.8 Å². The van der Waals surface area contributed by atoms with Crippen LogP contribution < -0.4 is 11.1 Å². The van der Waals surface area contributed by atoms with Crippen molar-refractivity contribution in [3.05, 3.63) is 35.1 Å². The lowest BCUT2D eigenvalue weighted by molar-refractivity contribution is 0.0945. The molecule has 2 rings (SSSR count). The maximum atomic E-state index is 13.7. The van der Waals surface area contributed by atoms with Gasteiger partial charge in [-0.25, -0.2) is 4.39 Å². The number of rotatable bonds is 3. The summed E-state index contributed by atoms with van der Waals surface area (Å²) in [5, 5.41) is 2.84. The average molecular weight is 260 g/mol. The molecule has 4 heteroatoms. The van der Waals surface area contributed by atoms with Crippen LogP contribution in [-0.2, 0) is 0 Å². The quantitative estimate of drug-likeness (QED) is 0.812. The summed E-state index contributed by atoms with van der Waals surface area (Å²) >= 11 is 0. The first-order chi connectivity index (χ1) is 9.15. The second-order valence-electron chi connectivity index (χ2n) is 4.68. The van der Waals surface area contributed by atoms with Crippen LogP contribution in [0.25, 0.3) is 0 Å². The Bertz CT molecular complexity index is 545. The van der Waals surface area contributed by atoms with E-state index in [0.29, 0.717) is 11.5 Å². The largest absolute Gasteiger partial charge is 0.349 e. The maximum Gasteiger partial charge on any atom is 0.254 e. The summed E-state index contributed by atoms with van der Waals surface area (Å²) in [4.78, 5) is 12.0. The number of carbonyl (C=O) groups is 1. The Morgan fingerprint density at radius 2 is 2.37 bits per heavy atom. The first-order valence-corrected chi connectivity index (χ1v) is 6.45. The van der Waals surface area contributed by atoms with Crippen LogP contribution in [0.1, 0.15) is 35.7 Å². The summed E-state index contributed by atoms with van der Waals surface area (Å²) in [6.45, 7) is 2.32. The van der Waals surface area contributed by atoms with E-state index in [1.54, 1.807) is 6.07 Å². The summed E-state index contributed by atoms with van der Waals surface area (Å²) < 4.78 is 13.7. The molecule has 19 heavy (non-hydrogen) atoms. The topological polar surface area (TPSA) is 55.1 Å². The van der Waals surface area contributed by atoms with Gasteiger partial charge < -0.3 is 11.1 Å². The van der Waals surface area contributed by atoms with E-state index >= 15 is 0 Å². The van der Waals surface area contributed by atoms with E-state index in [2.05, 4.69) is 24.1 Å². The Morgan fingerprint density at radius 3 is 3.00 bits per heavy atom. The molecule has 0 heterocycles. The minimum atomic E-state index is -0.524. The van der Waals surface area contributed by atoms with Crippen LogP contribution in [0.5, 0.6) is 0 Å². The molecule has 3 N–H and O–H groups in total. The van der Waals surface area contributed by atoms with Gasteiger partial charge in [0, 0.05) is 11.6 Å². The van der Waals surface area contributed by atoms with Crippen LogP contribution in [0.15, 0.2) is 18.2 Å². The van der Waals surface area contributed by atoms with E-state index in [4.69, 9.17) is 5.73 Å². The van der Waals surface area contributed by atoms with Crippen LogP contribution in [0, 0.1) is 23.6 Å². The Labute approximate surface area is 112 Å². The molecule has 0 aromatic heterocycles. The van der Waals surface area contributed by atoms with Crippen molar-refractivity contribution in [1.82, 2.24) is 5.32 Å². The molecule has 0 spiro atoms. The lowest BCUT2D eigenvalue weighted by Crippen LogP contribution is -2.27. The lowest BCUT2D eigenvalue weighted by atomic mass is 10.1. The number of amides is 1. The third-order valence-electron chi connectivity index (χ3n) is 3.31. The standard InChI is InChI=1S/C15H17FN2O/c1-2-11-9-14(11)18-15(19)12-8-10(4-3-7-17)5-6-13(12)16/h5-6,8,11,14H,2,7,9,17H2,1H3,(H,18,19). The Balaban J connectivity index is 2.12. The molecule has 1 fully saturated rings. The fraction of sp³-hybridized carbons (Fsp3) is 0.400. The number of hydrogen-bond donors (Lipinski definition) is 2. The van der Waals surface area contributed by atoms with Crippen LogP contribution in [-0.4, -0.2) is 18.5 Å². The molecule has 0 saturated heterocycles. The van der Waals surface area contributed by atoms with Crippen molar-refractivity contribution in [2.24, 2.45) is 11.7 Å². The van der Waals surface area contributed by atoms with Crippen molar-refractivity contribution in [2.75, 3.05) is 6.54 Å². The molecule has 2 atom stereocenters. The number of nitrogens with one attached hydrogen (secondary N) is 1. The molecule has 2 unspecified atom stereocenters. The van der Waals surface area contributed by atoms with Gasteiger partial charge in [-0.3, -0.25) is 4.79 Å². The smallest absolute Gasteiger partial charge is 0.254 e. The van der Waals surface area contributed by atoms with Gasteiger partial charge in [-0.05, 0) is 30.5 Å². The summed E-state index contributed by atoms with van der Waals surface area (Å²) in [6.07, 6.45) is 2.02. The van der Waals surface area contributed by atoms with Crippen molar-refractivity contribution < 1.29 is 9.18 Å². The second kappa shape index (κ2) is 5.85. The van der Waals surface area contributed by atoms with E-state index in [-0.39, 0.29) is 24.1 Å². The third kappa shape index (κ3) is 3.33. The minimum Gasteiger partial charge on any atom is -0.349 e. The Hall–Kier alpha value is -1.86. The van der Waals surface area contributed by atoms with Gasteiger partial charge in [-0.1, -0.05) is 25.2 Å². The number of halogens is 1. The molecule has 1 aromatic rings. The molecule has 0 radical (unpaired) electrons. The molecule has 1 aliphatic rings. The average Bonchev–Trinajstić information content (AvgIpc) is 3.16. The van der Waals surface area contributed by atoms with E-state index in [1.807, 2.05) is 0 Å². The van der Waals surface area contributed by atoms with Gasteiger partial charge in [0.15, 0.2) is 0 Å². The summed E-state index contributed by atoms with van der Waals surface area (Å²) in [5.41, 5.74) is 5.93. The van der Waals surface area contributed by atoms with Gasteiger partial charge in [0.2, 0.25) is 0 Å². The van der Waals surface area contributed by atoms with Gasteiger partial charge in [-0.2, -0.15) is 0 Å². The highest BCUT2D eigenvalue weighted by Gasteiger charge is 2.36. The summed E-state index contributed by atoms with van der Waals surface area (Å²) in [5.74, 6) is 5.12. The predicted molar refractivity (Wildman–Crippen MR) is 72.0 cm³/mol. The Morgan fingerprint density at radius 1 is 1.58 bits per heavy atom. The van der Waals surface area contributed by atoms with Gasteiger partial charge in [0.05, 0.1) is 12.1 Å². The third-order valence-corrected chi connectivity index (χ3v) is 3.31.